The molecular formula is C35H31F2N7O5S. The van der Waals surface area contributed by atoms with Gasteiger partial charge in [0.15, 0.2) is 5.82 Å². The maximum atomic E-state index is 15.1. The van der Waals surface area contributed by atoms with Crippen LogP contribution < -0.4 is 26.8 Å². The van der Waals surface area contributed by atoms with Crippen molar-refractivity contribution < 1.29 is 23.1 Å². The molecule has 6 rings (SSSR count). The second kappa shape index (κ2) is 14.8. The van der Waals surface area contributed by atoms with Gasteiger partial charge in [-0.3, -0.25) is 19.1 Å². The van der Waals surface area contributed by atoms with E-state index < -0.39 is 35.5 Å². The molecule has 3 aromatic carbocycles. The van der Waals surface area contributed by atoms with Crippen LogP contribution in [-0.4, -0.2) is 51.5 Å². The lowest BCUT2D eigenvalue weighted by molar-refractivity contribution is 0.114. The van der Waals surface area contributed by atoms with Gasteiger partial charge < -0.3 is 10.1 Å². The van der Waals surface area contributed by atoms with E-state index in [-0.39, 0.29) is 34.0 Å². The van der Waals surface area contributed by atoms with Crippen LogP contribution in [0.5, 0.6) is 5.88 Å². The van der Waals surface area contributed by atoms with E-state index in [2.05, 4.69) is 25.8 Å². The van der Waals surface area contributed by atoms with Crippen molar-refractivity contribution in [1.29, 1.82) is 0 Å². The van der Waals surface area contributed by atoms with Gasteiger partial charge >= 0.3 is 11.7 Å². The Labute approximate surface area is 288 Å². The monoisotopic (exact) mass is 699 g/mol. The number of methoxy groups -OCH3 is 1. The fourth-order valence-electron chi connectivity index (χ4n) is 5.55. The predicted octanol–water partition coefficient (Wildman–Crippen LogP) is 5.32. The van der Waals surface area contributed by atoms with Gasteiger partial charge in [0, 0.05) is 35.3 Å². The van der Waals surface area contributed by atoms with E-state index in [4.69, 9.17) is 4.74 Å². The van der Waals surface area contributed by atoms with E-state index in [9.17, 15) is 14.4 Å². The summed E-state index contributed by atoms with van der Waals surface area (Å²) >= 11 is 1.15. The zero-order valence-corrected chi connectivity index (χ0v) is 28.0. The molecular weight excluding hydrogens is 668 g/mol. The van der Waals surface area contributed by atoms with E-state index in [0.29, 0.717) is 28.2 Å². The van der Waals surface area contributed by atoms with Gasteiger partial charge in [-0.25, -0.2) is 28.4 Å². The summed E-state index contributed by atoms with van der Waals surface area (Å²) in [6.45, 7) is 0.290. The second-order valence-corrected chi connectivity index (χ2v) is 12.2. The van der Waals surface area contributed by atoms with Crippen molar-refractivity contribution >= 4 is 33.3 Å². The number of carbonyl (C=O) groups excluding carboxylic acids is 1. The zero-order chi connectivity index (χ0) is 35.4. The van der Waals surface area contributed by atoms with Crippen molar-refractivity contribution in [2.75, 3.05) is 26.6 Å². The van der Waals surface area contributed by atoms with Crippen LogP contribution in [0, 0.1) is 11.6 Å². The number of carbonyl (C=O) groups is 1. The fourth-order valence-corrected chi connectivity index (χ4v) is 6.85. The van der Waals surface area contributed by atoms with Crippen LogP contribution in [0.2, 0.25) is 0 Å². The van der Waals surface area contributed by atoms with E-state index >= 15 is 8.78 Å². The SMILES string of the molecule is CONC(=O)Nc1ccc(-c2sc3c(c2CN(C)Cc2ccccc2)c(=O)n(-c2ccc(OC)nn2)c(=O)n3Cc2c(F)cccc2F)cc1. The highest BCUT2D eigenvalue weighted by Crippen LogP contribution is 2.38. The Morgan fingerprint density at radius 3 is 2.24 bits per heavy atom. The number of ether oxygens (including phenoxy) is 1. The molecule has 256 valence electrons. The molecule has 15 heteroatoms. The lowest BCUT2D eigenvalue weighted by atomic mass is 10.1. The molecule has 0 saturated carbocycles. The normalized spacial score (nSPS) is 11.2. The Bertz CT molecular complexity index is 2260. The summed E-state index contributed by atoms with van der Waals surface area (Å²) in [5, 5.41) is 10.8. The third kappa shape index (κ3) is 7.01. The molecule has 3 aromatic heterocycles. The maximum absolute atomic E-state index is 15.1. The molecule has 2 N–H and O–H groups in total. The summed E-state index contributed by atoms with van der Waals surface area (Å²) in [6.07, 6.45) is 0. The van der Waals surface area contributed by atoms with Crippen LogP contribution in [0.4, 0.5) is 19.3 Å². The first-order valence-corrected chi connectivity index (χ1v) is 16.0. The zero-order valence-electron chi connectivity index (χ0n) is 27.1. The minimum atomic E-state index is -0.856. The van der Waals surface area contributed by atoms with Gasteiger partial charge in [0.1, 0.15) is 16.5 Å². The number of hydrogen-bond donors (Lipinski definition) is 2. The number of fused-ring (bicyclic) bond motifs is 1. The number of aromatic nitrogens is 4. The number of hydrogen-bond acceptors (Lipinski definition) is 9. The molecule has 0 atom stereocenters. The van der Waals surface area contributed by atoms with Crippen LogP contribution in [-0.2, 0) is 24.5 Å². The Kier molecular flexibility index (Phi) is 10.1. The number of nitrogens with one attached hydrogen (secondary N) is 2. The first-order chi connectivity index (χ1) is 24.2. The number of halogens is 2. The second-order valence-electron chi connectivity index (χ2n) is 11.2. The molecule has 6 aromatic rings. The van der Waals surface area contributed by atoms with Crippen LogP contribution in [0.3, 0.4) is 0 Å². The summed E-state index contributed by atoms with van der Waals surface area (Å²) in [7, 11) is 4.62. The number of hydroxylamine groups is 1. The van der Waals surface area contributed by atoms with Crippen molar-refractivity contribution in [2.45, 2.75) is 19.6 Å². The average Bonchev–Trinajstić information content (AvgIpc) is 3.47. The number of amides is 2. The van der Waals surface area contributed by atoms with Crippen LogP contribution in [0.1, 0.15) is 16.7 Å². The number of nitrogens with zero attached hydrogens (tertiary/aromatic N) is 5. The molecule has 0 spiro atoms. The van der Waals surface area contributed by atoms with Gasteiger partial charge in [-0.2, -0.15) is 0 Å². The molecule has 12 nitrogen and oxygen atoms in total. The molecule has 0 aliphatic rings. The third-order valence-corrected chi connectivity index (χ3v) is 9.14. The molecule has 0 saturated heterocycles. The Morgan fingerprint density at radius 2 is 1.60 bits per heavy atom. The molecule has 3 heterocycles. The Morgan fingerprint density at radius 1 is 0.880 bits per heavy atom. The third-order valence-electron chi connectivity index (χ3n) is 7.84. The molecule has 0 fully saturated rings. The van der Waals surface area contributed by atoms with Gasteiger partial charge in [-0.05, 0) is 54.1 Å². The Hall–Kier alpha value is -5.77. The number of urea groups is 1. The lowest BCUT2D eigenvalue weighted by Gasteiger charge is -2.18. The lowest BCUT2D eigenvalue weighted by Crippen LogP contribution is -2.40. The summed E-state index contributed by atoms with van der Waals surface area (Å²) in [5.41, 5.74) is 3.09. The summed E-state index contributed by atoms with van der Waals surface area (Å²) in [6, 6.07) is 22.4. The van der Waals surface area contributed by atoms with Crippen LogP contribution >= 0.6 is 11.3 Å². The van der Waals surface area contributed by atoms with E-state index in [1.54, 1.807) is 24.3 Å². The van der Waals surface area contributed by atoms with Gasteiger partial charge in [0.2, 0.25) is 5.88 Å². The van der Waals surface area contributed by atoms with Crippen molar-refractivity contribution in [1.82, 2.24) is 29.7 Å². The molecule has 0 aliphatic carbocycles. The van der Waals surface area contributed by atoms with E-state index in [1.165, 1.54) is 37.0 Å². The number of benzene rings is 3. The maximum Gasteiger partial charge on any atom is 0.343 e. The minimum Gasteiger partial charge on any atom is -0.480 e. The van der Waals surface area contributed by atoms with Gasteiger partial charge in [0.05, 0.1) is 26.2 Å². The molecule has 0 unspecified atom stereocenters. The first-order valence-electron chi connectivity index (χ1n) is 15.2. The number of rotatable bonds is 11. The summed E-state index contributed by atoms with van der Waals surface area (Å²) < 4.78 is 37.3. The van der Waals surface area contributed by atoms with Gasteiger partial charge in [-0.15, -0.1) is 21.5 Å². The molecule has 50 heavy (non-hydrogen) atoms. The molecule has 0 aliphatic heterocycles. The predicted molar refractivity (Wildman–Crippen MR) is 185 cm³/mol. The van der Waals surface area contributed by atoms with Crippen molar-refractivity contribution in [3.05, 3.63) is 134 Å². The number of thiophene rings is 1. The Balaban J connectivity index is 1.59. The molecule has 2 amide bonds. The van der Waals surface area contributed by atoms with Gasteiger partial charge in [-0.1, -0.05) is 48.5 Å². The van der Waals surface area contributed by atoms with E-state index in [1.807, 2.05) is 42.3 Å². The first kappa shape index (κ1) is 34.1. The van der Waals surface area contributed by atoms with Crippen LogP contribution in [0.15, 0.2) is 94.5 Å². The molecule has 0 bridgehead atoms. The minimum absolute atomic E-state index is 0.0911. The smallest absolute Gasteiger partial charge is 0.343 e. The molecule has 0 radical (unpaired) electrons. The summed E-state index contributed by atoms with van der Waals surface area (Å²) in [4.78, 5) is 48.3. The average molecular weight is 700 g/mol. The quantitative estimate of drug-likeness (QED) is 0.174. The fraction of sp³-hybridized carbons (Fsp3) is 0.171. The highest BCUT2D eigenvalue weighted by Gasteiger charge is 2.26. The van der Waals surface area contributed by atoms with Gasteiger partial charge in [0.25, 0.3) is 5.56 Å². The summed E-state index contributed by atoms with van der Waals surface area (Å²) in [5.74, 6) is -1.61. The standard InChI is InChI=1S/C35H31F2N7O5S/c1-42(18-21-8-5-4-6-9-21)19-25-30-32(45)44(28-16-17-29(48-2)40-39-28)35(47)43(20-24-26(36)10-7-11-27(24)37)33(30)50-31(25)22-12-14-23(15-13-22)38-34(46)41-49-3/h4-17H,18-20H2,1-3H3,(H2,38,41,46). The number of anilines is 1. The van der Waals surface area contributed by atoms with Crippen LogP contribution in [0.25, 0.3) is 26.5 Å². The largest absolute Gasteiger partial charge is 0.480 e. The van der Waals surface area contributed by atoms with Crippen molar-refractivity contribution in [2.24, 2.45) is 0 Å². The highest BCUT2D eigenvalue weighted by atomic mass is 32.1. The van der Waals surface area contributed by atoms with Crippen molar-refractivity contribution in [3.63, 3.8) is 0 Å². The highest BCUT2D eigenvalue weighted by molar-refractivity contribution is 7.22. The van der Waals surface area contributed by atoms with Crippen molar-refractivity contribution in [3.8, 4) is 22.1 Å². The topological polar surface area (TPSA) is 133 Å². The van der Waals surface area contributed by atoms with E-state index in [0.717, 1.165) is 33.6 Å².